The van der Waals surface area contributed by atoms with Crippen molar-refractivity contribution < 1.29 is 14.0 Å². The number of aromatic nitrogens is 1. The zero-order valence-corrected chi connectivity index (χ0v) is 9.90. The number of oxazole rings is 1. The van der Waals surface area contributed by atoms with Crippen LogP contribution in [0.3, 0.4) is 0 Å². The molecule has 0 radical (unpaired) electrons. The van der Waals surface area contributed by atoms with E-state index in [1.54, 1.807) is 18.0 Å². The topological polar surface area (TPSA) is 75.4 Å². The van der Waals surface area contributed by atoms with E-state index >= 15 is 0 Å². The Morgan fingerprint density at radius 1 is 1.53 bits per heavy atom. The first-order chi connectivity index (χ1) is 8.08. The van der Waals surface area contributed by atoms with Gasteiger partial charge in [-0.3, -0.25) is 9.59 Å². The number of rotatable bonds is 2. The third-order valence-corrected chi connectivity index (χ3v) is 2.80. The van der Waals surface area contributed by atoms with Crippen LogP contribution >= 0.6 is 0 Å². The lowest BCUT2D eigenvalue weighted by Gasteiger charge is -2.24. The average molecular weight is 237 g/mol. The summed E-state index contributed by atoms with van der Waals surface area (Å²) >= 11 is 0. The Labute approximate surface area is 99.0 Å². The average Bonchev–Trinajstić information content (AvgIpc) is 2.65. The van der Waals surface area contributed by atoms with Gasteiger partial charge in [0.15, 0.2) is 0 Å². The van der Waals surface area contributed by atoms with Crippen LogP contribution in [0.4, 0.5) is 0 Å². The zero-order chi connectivity index (χ0) is 12.4. The minimum absolute atomic E-state index is 0.0445. The molecule has 1 saturated heterocycles. The van der Waals surface area contributed by atoms with Crippen molar-refractivity contribution in [2.24, 2.45) is 0 Å². The van der Waals surface area contributed by atoms with E-state index in [4.69, 9.17) is 4.42 Å². The fraction of sp³-hybridized carbons (Fsp3) is 0.545. The molecule has 17 heavy (non-hydrogen) atoms. The molecule has 2 amide bonds. The highest BCUT2D eigenvalue weighted by molar-refractivity contribution is 5.87. The number of nitrogens with zero attached hydrogens (tertiary/aromatic N) is 2. The van der Waals surface area contributed by atoms with Crippen LogP contribution in [0, 0.1) is 6.92 Å². The SMILES string of the molecule is Cc1cnc(C(C)N2CCC(=O)NCC2=O)o1. The minimum atomic E-state index is -0.246. The summed E-state index contributed by atoms with van der Waals surface area (Å²) in [6.07, 6.45) is 1.94. The molecule has 1 aliphatic rings. The molecule has 1 fully saturated rings. The maximum atomic E-state index is 11.8. The van der Waals surface area contributed by atoms with E-state index in [0.29, 0.717) is 24.6 Å². The van der Waals surface area contributed by atoms with Gasteiger partial charge in [0.2, 0.25) is 17.7 Å². The Morgan fingerprint density at radius 2 is 2.29 bits per heavy atom. The molecular formula is C11H15N3O3. The molecule has 2 rings (SSSR count). The Balaban J connectivity index is 2.15. The van der Waals surface area contributed by atoms with Gasteiger partial charge < -0.3 is 14.6 Å². The molecule has 1 aromatic rings. The van der Waals surface area contributed by atoms with Crippen LogP contribution in [0.1, 0.15) is 31.0 Å². The predicted molar refractivity (Wildman–Crippen MR) is 59.0 cm³/mol. The molecule has 92 valence electrons. The van der Waals surface area contributed by atoms with Crippen LogP contribution in [-0.2, 0) is 9.59 Å². The summed E-state index contributed by atoms with van der Waals surface area (Å²) in [5.41, 5.74) is 0. The summed E-state index contributed by atoms with van der Waals surface area (Å²) in [6, 6.07) is -0.246. The molecule has 6 heteroatoms. The van der Waals surface area contributed by atoms with E-state index in [2.05, 4.69) is 10.3 Å². The number of aryl methyl sites for hydroxylation is 1. The van der Waals surface area contributed by atoms with Gasteiger partial charge in [-0.1, -0.05) is 0 Å². The molecule has 0 aliphatic carbocycles. The fourth-order valence-corrected chi connectivity index (χ4v) is 1.82. The molecule has 0 aromatic carbocycles. The molecule has 0 spiro atoms. The van der Waals surface area contributed by atoms with E-state index < -0.39 is 0 Å². The number of amides is 2. The van der Waals surface area contributed by atoms with E-state index in [0.717, 1.165) is 0 Å². The molecule has 1 aromatic heterocycles. The largest absolute Gasteiger partial charge is 0.444 e. The monoisotopic (exact) mass is 237 g/mol. The summed E-state index contributed by atoms with van der Waals surface area (Å²) < 4.78 is 5.40. The van der Waals surface area contributed by atoms with Crippen LogP contribution in [0.25, 0.3) is 0 Å². The van der Waals surface area contributed by atoms with Crippen LogP contribution in [0.5, 0.6) is 0 Å². The van der Waals surface area contributed by atoms with Crippen molar-refractivity contribution >= 4 is 11.8 Å². The molecule has 1 atom stereocenters. The zero-order valence-electron chi connectivity index (χ0n) is 9.90. The van der Waals surface area contributed by atoms with Gasteiger partial charge in [-0.25, -0.2) is 4.98 Å². The smallest absolute Gasteiger partial charge is 0.242 e. The van der Waals surface area contributed by atoms with Gasteiger partial charge in [0, 0.05) is 13.0 Å². The Kier molecular flexibility index (Phi) is 3.12. The lowest BCUT2D eigenvalue weighted by atomic mass is 10.2. The van der Waals surface area contributed by atoms with E-state index in [1.807, 2.05) is 6.92 Å². The van der Waals surface area contributed by atoms with Gasteiger partial charge in [-0.05, 0) is 13.8 Å². The van der Waals surface area contributed by atoms with Crippen molar-refractivity contribution in [1.29, 1.82) is 0 Å². The normalized spacial score (nSPS) is 18.8. The van der Waals surface area contributed by atoms with Gasteiger partial charge in [0.25, 0.3) is 0 Å². The fourth-order valence-electron chi connectivity index (χ4n) is 1.82. The number of carbonyl (C=O) groups is 2. The molecule has 1 unspecified atom stereocenters. The van der Waals surface area contributed by atoms with Crippen molar-refractivity contribution in [3.05, 3.63) is 17.8 Å². The van der Waals surface area contributed by atoms with Crippen molar-refractivity contribution in [3.8, 4) is 0 Å². The van der Waals surface area contributed by atoms with Crippen molar-refractivity contribution in [3.63, 3.8) is 0 Å². The highest BCUT2D eigenvalue weighted by Crippen LogP contribution is 2.20. The first-order valence-electron chi connectivity index (χ1n) is 5.56. The van der Waals surface area contributed by atoms with E-state index in [9.17, 15) is 9.59 Å². The molecule has 6 nitrogen and oxygen atoms in total. The summed E-state index contributed by atoms with van der Waals surface area (Å²) in [7, 11) is 0. The van der Waals surface area contributed by atoms with Gasteiger partial charge in [-0.15, -0.1) is 0 Å². The van der Waals surface area contributed by atoms with Gasteiger partial charge in [0.1, 0.15) is 11.8 Å². The molecule has 1 N–H and O–H groups in total. The standard InChI is InChI=1S/C11H15N3O3/c1-7-5-13-11(17-7)8(2)14-4-3-9(15)12-6-10(14)16/h5,8H,3-4,6H2,1-2H3,(H,12,15). The molecule has 1 aliphatic heterocycles. The summed E-state index contributed by atoms with van der Waals surface area (Å²) in [5.74, 6) is 1.00. The Morgan fingerprint density at radius 3 is 2.94 bits per heavy atom. The predicted octanol–water partition coefficient (Wildman–Crippen LogP) is 0.393. The van der Waals surface area contributed by atoms with Crippen LogP contribution in [0.15, 0.2) is 10.6 Å². The van der Waals surface area contributed by atoms with E-state index in [-0.39, 0.29) is 24.4 Å². The number of hydrogen-bond donors (Lipinski definition) is 1. The van der Waals surface area contributed by atoms with Crippen LogP contribution in [0.2, 0.25) is 0 Å². The minimum Gasteiger partial charge on any atom is -0.444 e. The van der Waals surface area contributed by atoms with Crippen molar-refractivity contribution in [2.45, 2.75) is 26.3 Å². The number of carbonyl (C=O) groups excluding carboxylic acids is 2. The summed E-state index contributed by atoms with van der Waals surface area (Å²) in [6.45, 7) is 4.09. The lowest BCUT2D eigenvalue weighted by Crippen LogP contribution is -2.37. The molecule has 0 bridgehead atoms. The van der Waals surface area contributed by atoms with Crippen molar-refractivity contribution in [2.75, 3.05) is 13.1 Å². The maximum absolute atomic E-state index is 11.8. The van der Waals surface area contributed by atoms with Crippen LogP contribution in [-0.4, -0.2) is 34.8 Å². The van der Waals surface area contributed by atoms with Gasteiger partial charge >= 0.3 is 0 Å². The third-order valence-electron chi connectivity index (χ3n) is 2.80. The molecular weight excluding hydrogens is 222 g/mol. The first-order valence-corrected chi connectivity index (χ1v) is 5.56. The Bertz CT molecular complexity index is 441. The lowest BCUT2D eigenvalue weighted by molar-refractivity contribution is -0.132. The number of hydrogen-bond acceptors (Lipinski definition) is 4. The van der Waals surface area contributed by atoms with Gasteiger partial charge in [-0.2, -0.15) is 0 Å². The third kappa shape index (κ3) is 2.46. The second-order valence-corrected chi connectivity index (χ2v) is 4.10. The van der Waals surface area contributed by atoms with E-state index in [1.165, 1.54) is 0 Å². The van der Waals surface area contributed by atoms with Gasteiger partial charge in [0.05, 0.1) is 12.7 Å². The maximum Gasteiger partial charge on any atom is 0.242 e. The highest BCUT2D eigenvalue weighted by atomic mass is 16.4. The molecule has 2 heterocycles. The first kappa shape index (κ1) is 11.6. The summed E-state index contributed by atoms with van der Waals surface area (Å²) in [5, 5.41) is 2.55. The second kappa shape index (κ2) is 4.57. The van der Waals surface area contributed by atoms with Crippen molar-refractivity contribution in [1.82, 2.24) is 15.2 Å². The number of nitrogens with one attached hydrogen (secondary N) is 1. The summed E-state index contributed by atoms with van der Waals surface area (Å²) in [4.78, 5) is 28.8. The second-order valence-electron chi connectivity index (χ2n) is 4.10. The molecule has 0 saturated carbocycles. The quantitative estimate of drug-likeness (QED) is 0.807. The van der Waals surface area contributed by atoms with Crippen LogP contribution < -0.4 is 5.32 Å². The highest BCUT2D eigenvalue weighted by Gasteiger charge is 2.27. The Hall–Kier alpha value is -1.85.